The van der Waals surface area contributed by atoms with Crippen LogP contribution < -0.4 is 27.4 Å². The van der Waals surface area contributed by atoms with Crippen molar-refractivity contribution in [2.45, 2.75) is 63.7 Å². The number of amides is 4. The molecule has 4 unspecified atom stereocenters. The minimum Gasteiger partial charge on any atom is -0.481 e. The van der Waals surface area contributed by atoms with Crippen molar-refractivity contribution >= 4 is 35.6 Å². The molecule has 0 aromatic carbocycles. The number of carboxylic acid groups (broad SMARTS) is 2. The fraction of sp³-hybridized carbons (Fsp3) is 0.550. The van der Waals surface area contributed by atoms with Gasteiger partial charge in [-0.15, -0.1) is 0 Å². The number of nitrogens with one attached hydrogen (secondary N) is 4. The van der Waals surface area contributed by atoms with Crippen LogP contribution in [0.3, 0.4) is 0 Å². The highest BCUT2D eigenvalue weighted by Crippen LogP contribution is 2.06. The van der Waals surface area contributed by atoms with Crippen molar-refractivity contribution in [1.82, 2.24) is 25.9 Å². The zero-order valence-corrected chi connectivity index (χ0v) is 19.3. The van der Waals surface area contributed by atoms with Gasteiger partial charge < -0.3 is 42.6 Å². The Hall–Kier alpha value is -4.01. The highest BCUT2D eigenvalue weighted by atomic mass is 16.4. The van der Waals surface area contributed by atoms with Gasteiger partial charge in [-0.05, 0) is 12.3 Å². The topological polar surface area (TPSA) is 260 Å². The lowest BCUT2D eigenvalue weighted by Gasteiger charge is -2.25. The van der Waals surface area contributed by atoms with Crippen LogP contribution in [-0.2, 0) is 35.2 Å². The number of aromatic amines is 1. The minimum absolute atomic E-state index is 0.161. The molecular formula is C20H31N7O8. The fourth-order valence-electron chi connectivity index (χ4n) is 2.88. The molecule has 10 N–H and O–H groups in total. The molecule has 35 heavy (non-hydrogen) atoms. The van der Waals surface area contributed by atoms with Gasteiger partial charge >= 0.3 is 11.9 Å². The van der Waals surface area contributed by atoms with Crippen LogP contribution in [0, 0.1) is 5.92 Å². The van der Waals surface area contributed by atoms with Crippen LogP contribution >= 0.6 is 0 Å². The molecule has 0 aliphatic rings. The van der Waals surface area contributed by atoms with Crippen LogP contribution in [-0.4, -0.2) is 79.9 Å². The summed E-state index contributed by atoms with van der Waals surface area (Å²) in [7, 11) is 0. The van der Waals surface area contributed by atoms with Gasteiger partial charge in [-0.3, -0.25) is 24.0 Å². The van der Waals surface area contributed by atoms with Gasteiger partial charge in [0.2, 0.25) is 23.6 Å². The molecule has 194 valence electrons. The SMILES string of the molecule is CC(C)C(N)C(=O)NC(CCC(=O)O)C(=O)NC(Cc1cnc[nH]1)C(=O)NC(CC(N)=O)C(=O)O. The largest absolute Gasteiger partial charge is 0.481 e. The second-order valence-electron chi connectivity index (χ2n) is 8.18. The third kappa shape index (κ3) is 10.2. The maximum absolute atomic E-state index is 13.0. The Morgan fingerprint density at radius 3 is 2.03 bits per heavy atom. The predicted octanol–water partition coefficient (Wildman–Crippen LogP) is -2.79. The Morgan fingerprint density at radius 1 is 0.971 bits per heavy atom. The van der Waals surface area contributed by atoms with Gasteiger partial charge in [0.1, 0.15) is 18.1 Å². The number of H-pyrrole nitrogens is 1. The van der Waals surface area contributed by atoms with E-state index in [0.717, 1.165) is 0 Å². The Bertz CT molecular complexity index is 919. The third-order valence-corrected chi connectivity index (χ3v) is 4.93. The Balaban J connectivity index is 3.11. The summed E-state index contributed by atoms with van der Waals surface area (Å²) in [5.41, 5.74) is 11.2. The van der Waals surface area contributed by atoms with E-state index in [4.69, 9.17) is 16.6 Å². The molecule has 0 aliphatic heterocycles. The van der Waals surface area contributed by atoms with Crippen molar-refractivity contribution in [3.63, 3.8) is 0 Å². The van der Waals surface area contributed by atoms with E-state index < -0.39 is 72.6 Å². The van der Waals surface area contributed by atoms with Crippen molar-refractivity contribution in [2.75, 3.05) is 0 Å². The molecule has 1 rings (SSSR count). The molecule has 4 atom stereocenters. The number of carboxylic acids is 2. The molecule has 1 aromatic rings. The number of primary amides is 1. The lowest BCUT2D eigenvalue weighted by Crippen LogP contribution is -2.58. The summed E-state index contributed by atoms with van der Waals surface area (Å²) >= 11 is 0. The zero-order valence-electron chi connectivity index (χ0n) is 19.3. The first kappa shape index (κ1) is 29.0. The standard InChI is InChI=1S/C20H31N7O8/c1-9(2)16(22)19(33)25-11(3-4-15(29)30)17(31)26-12(5-10-7-23-8-24-10)18(32)27-13(20(34)35)6-14(21)28/h7-9,11-13,16H,3-6,22H2,1-2H3,(H2,21,28)(H,23,24)(H,25,33)(H,26,31)(H,27,32)(H,29,30)(H,34,35). The van der Waals surface area contributed by atoms with Gasteiger partial charge in [0, 0.05) is 24.7 Å². The molecule has 0 saturated heterocycles. The molecule has 15 nitrogen and oxygen atoms in total. The quantitative estimate of drug-likeness (QED) is 0.123. The average molecular weight is 498 g/mol. The molecule has 0 saturated carbocycles. The van der Waals surface area contributed by atoms with Gasteiger partial charge in [0.25, 0.3) is 0 Å². The van der Waals surface area contributed by atoms with Crippen molar-refractivity contribution in [2.24, 2.45) is 17.4 Å². The normalized spacial score (nSPS) is 14.3. The maximum Gasteiger partial charge on any atom is 0.326 e. The summed E-state index contributed by atoms with van der Waals surface area (Å²) in [5, 5.41) is 25.2. The molecule has 0 fully saturated rings. The first-order chi connectivity index (χ1) is 16.3. The number of hydrogen-bond acceptors (Lipinski definition) is 8. The van der Waals surface area contributed by atoms with E-state index >= 15 is 0 Å². The number of carbonyl (C=O) groups excluding carboxylic acids is 4. The van der Waals surface area contributed by atoms with Gasteiger partial charge in [0.05, 0.1) is 18.8 Å². The number of aliphatic carboxylic acids is 2. The Kier molecular flexibility index (Phi) is 11.3. The van der Waals surface area contributed by atoms with Gasteiger partial charge in [-0.25, -0.2) is 9.78 Å². The van der Waals surface area contributed by atoms with Crippen molar-refractivity contribution < 1.29 is 39.0 Å². The van der Waals surface area contributed by atoms with Crippen LogP contribution in [0.15, 0.2) is 12.5 Å². The van der Waals surface area contributed by atoms with E-state index in [0.29, 0.717) is 5.69 Å². The first-order valence-electron chi connectivity index (χ1n) is 10.7. The number of nitrogens with two attached hydrogens (primary N) is 2. The van der Waals surface area contributed by atoms with Gasteiger partial charge in [-0.2, -0.15) is 0 Å². The highest BCUT2D eigenvalue weighted by Gasteiger charge is 2.31. The summed E-state index contributed by atoms with van der Waals surface area (Å²) in [6, 6.07) is -5.33. The van der Waals surface area contributed by atoms with Crippen LogP contribution in [0.25, 0.3) is 0 Å². The Labute approximate surface area is 200 Å². The first-order valence-corrected chi connectivity index (χ1v) is 10.7. The number of rotatable bonds is 15. The molecule has 1 aromatic heterocycles. The maximum atomic E-state index is 13.0. The minimum atomic E-state index is -1.65. The number of aromatic nitrogens is 2. The van der Waals surface area contributed by atoms with Crippen molar-refractivity contribution in [1.29, 1.82) is 0 Å². The third-order valence-electron chi connectivity index (χ3n) is 4.93. The van der Waals surface area contributed by atoms with E-state index in [1.807, 2.05) is 0 Å². The molecule has 0 bridgehead atoms. The van der Waals surface area contributed by atoms with Crippen molar-refractivity contribution in [3.05, 3.63) is 18.2 Å². The van der Waals surface area contributed by atoms with E-state index in [1.165, 1.54) is 12.5 Å². The molecule has 1 heterocycles. The summed E-state index contributed by atoms with van der Waals surface area (Å²) in [5.74, 6) is -6.50. The lowest BCUT2D eigenvalue weighted by molar-refractivity contribution is -0.143. The molecule has 15 heteroatoms. The monoisotopic (exact) mass is 497 g/mol. The Morgan fingerprint density at radius 2 is 1.54 bits per heavy atom. The van der Waals surface area contributed by atoms with Gasteiger partial charge in [0.15, 0.2) is 0 Å². The van der Waals surface area contributed by atoms with Crippen LogP contribution in [0.1, 0.15) is 38.8 Å². The predicted molar refractivity (Wildman–Crippen MR) is 119 cm³/mol. The number of carbonyl (C=O) groups is 6. The number of imidazole rings is 1. The molecule has 0 spiro atoms. The summed E-state index contributed by atoms with van der Waals surface area (Å²) in [6.07, 6.45) is 1.09. The van der Waals surface area contributed by atoms with Crippen LogP contribution in [0.4, 0.5) is 0 Å². The highest BCUT2D eigenvalue weighted by molar-refractivity contribution is 5.95. The van der Waals surface area contributed by atoms with Crippen LogP contribution in [0.2, 0.25) is 0 Å². The molecular weight excluding hydrogens is 466 g/mol. The van der Waals surface area contributed by atoms with E-state index in [9.17, 15) is 33.9 Å². The summed E-state index contributed by atoms with van der Waals surface area (Å²) < 4.78 is 0. The average Bonchev–Trinajstić information content (AvgIpc) is 3.27. The van der Waals surface area contributed by atoms with E-state index in [1.54, 1.807) is 13.8 Å². The second kappa shape index (κ2) is 13.6. The molecule has 4 amide bonds. The van der Waals surface area contributed by atoms with Crippen molar-refractivity contribution in [3.8, 4) is 0 Å². The van der Waals surface area contributed by atoms with Gasteiger partial charge in [-0.1, -0.05) is 13.8 Å². The lowest BCUT2D eigenvalue weighted by atomic mass is 10.0. The number of nitrogens with zero attached hydrogens (tertiary/aromatic N) is 1. The summed E-state index contributed by atoms with van der Waals surface area (Å²) in [4.78, 5) is 78.3. The smallest absolute Gasteiger partial charge is 0.326 e. The second-order valence-corrected chi connectivity index (χ2v) is 8.18. The molecule has 0 aliphatic carbocycles. The number of hydrogen-bond donors (Lipinski definition) is 8. The summed E-state index contributed by atoms with van der Waals surface area (Å²) in [6.45, 7) is 3.37. The van der Waals surface area contributed by atoms with E-state index in [2.05, 4.69) is 25.9 Å². The van der Waals surface area contributed by atoms with E-state index in [-0.39, 0.29) is 18.8 Å². The zero-order chi connectivity index (χ0) is 26.7. The van der Waals surface area contributed by atoms with Crippen LogP contribution in [0.5, 0.6) is 0 Å². The molecule has 0 radical (unpaired) electrons. The fourth-order valence-corrected chi connectivity index (χ4v) is 2.88.